The number of halogens is 4. The number of alkyl halides is 3. The second kappa shape index (κ2) is 10.1. The Morgan fingerprint density at radius 2 is 1.89 bits per heavy atom. The SMILES string of the molecule is Cc1c(Nc2ccc(S(C)(=O)=O)cc2F)ncnc1OC1C[C@H]2COC[C@@H](C1)N2CC(C)C(F)(F)F. The van der Waals surface area contributed by atoms with Gasteiger partial charge in [-0.3, -0.25) is 4.90 Å². The third kappa shape index (κ3) is 5.89. The molecule has 4 atom stereocenters. The smallest absolute Gasteiger partial charge is 0.392 e. The maximum Gasteiger partial charge on any atom is 0.392 e. The van der Waals surface area contributed by atoms with Crippen LogP contribution < -0.4 is 10.1 Å². The second-order valence-corrected chi connectivity index (χ2v) is 11.4. The number of rotatable bonds is 7. The topological polar surface area (TPSA) is 93.7 Å². The lowest BCUT2D eigenvalue weighted by atomic mass is 9.90. The summed E-state index contributed by atoms with van der Waals surface area (Å²) in [5.74, 6) is -1.64. The van der Waals surface area contributed by atoms with E-state index in [9.17, 15) is 26.0 Å². The minimum Gasteiger partial charge on any atom is -0.474 e. The second-order valence-electron chi connectivity index (χ2n) is 9.39. The van der Waals surface area contributed by atoms with E-state index in [4.69, 9.17) is 9.47 Å². The molecule has 13 heteroatoms. The minimum absolute atomic E-state index is 0.0360. The van der Waals surface area contributed by atoms with E-state index in [1.807, 2.05) is 4.90 Å². The zero-order valence-electron chi connectivity index (χ0n) is 20.0. The van der Waals surface area contributed by atoms with E-state index in [1.165, 1.54) is 25.4 Å². The van der Waals surface area contributed by atoms with Crippen molar-refractivity contribution in [2.24, 2.45) is 5.92 Å². The first kappa shape index (κ1) is 26.6. The number of hydrogen-bond acceptors (Lipinski definition) is 8. The average Bonchev–Trinajstić information content (AvgIpc) is 2.76. The van der Waals surface area contributed by atoms with Crippen LogP contribution in [0.2, 0.25) is 0 Å². The zero-order chi connectivity index (χ0) is 26.3. The number of piperidine rings is 1. The number of morpholine rings is 1. The number of nitrogens with zero attached hydrogens (tertiary/aromatic N) is 3. The molecule has 0 spiro atoms. The molecule has 198 valence electrons. The monoisotopic (exact) mass is 532 g/mol. The van der Waals surface area contributed by atoms with Gasteiger partial charge in [0.05, 0.1) is 35.3 Å². The van der Waals surface area contributed by atoms with Crippen molar-refractivity contribution in [1.29, 1.82) is 0 Å². The summed E-state index contributed by atoms with van der Waals surface area (Å²) < 4.78 is 88.9. The highest BCUT2D eigenvalue weighted by atomic mass is 32.2. The first-order valence-corrected chi connectivity index (χ1v) is 13.4. The first-order valence-electron chi connectivity index (χ1n) is 11.5. The van der Waals surface area contributed by atoms with Gasteiger partial charge in [0.2, 0.25) is 5.88 Å². The highest BCUT2D eigenvalue weighted by molar-refractivity contribution is 7.90. The van der Waals surface area contributed by atoms with Crippen LogP contribution in [0.25, 0.3) is 0 Å². The lowest BCUT2D eigenvalue weighted by Crippen LogP contribution is -2.60. The fourth-order valence-corrected chi connectivity index (χ4v) is 5.18. The van der Waals surface area contributed by atoms with E-state index in [-0.39, 0.29) is 47.0 Å². The number of sulfone groups is 1. The van der Waals surface area contributed by atoms with E-state index < -0.39 is 27.7 Å². The Morgan fingerprint density at radius 3 is 2.47 bits per heavy atom. The van der Waals surface area contributed by atoms with Crippen LogP contribution in [-0.2, 0) is 14.6 Å². The highest BCUT2D eigenvalue weighted by Gasteiger charge is 2.44. The third-order valence-electron chi connectivity index (χ3n) is 6.61. The molecule has 1 N–H and O–H groups in total. The summed E-state index contributed by atoms with van der Waals surface area (Å²) in [5, 5.41) is 2.84. The molecule has 4 rings (SSSR count). The Hall–Kier alpha value is -2.51. The Morgan fingerprint density at radius 1 is 1.22 bits per heavy atom. The summed E-state index contributed by atoms with van der Waals surface area (Å²) in [6.45, 7) is 3.47. The Bertz CT molecular complexity index is 1200. The average molecular weight is 533 g/mol. The van der Waals surface area contributed by atoms with Gasteiger partial charge in [0.15, 0.2) is 9.84 Å². The van der Waals surface area contributed by atoms with Crippen LogP contribution in [0.3, 0.4) is 0 Å². The molecular formula is C23H28F4N4O4S. The van der Waals surface area contributed by atoms with Gasteiger partial charge in [0, 0.05) is 37.7 Å². The molecule has 2 aliphatic rings. The van der Waals surface area contributed by atoms with Gasteiger partial charge in [0.1, 0.15) is 24.1 Å². The van der Waals surface area contributed by atoms with Crippen molar-refractivity contribution < 1.29 is 35.5 Å². The third-order valence-corrected chi connectivity index (χ3v) is 7.72. The van der Waals surface area contributed by atoms with E-state index >= 15 is 0 Å². The van der Waals surface area contributed by atoms with Crippen LogP contribution in [0.1, 0.15) is 25.3 Å². The molecular weight excluding hydrogens is 504 g/mol. The molecule has 1 aromatic heterocycles. The van der Waals surface area contributed by atoms with Gasteiger partial charge in [0.25, 0.3) is 0 Å². The molecule has 2 fully saturated rings. The van der Waals surface area contributed by atoms with E-state index in [1.54, 1.807) is 6.92 Å². The molecule has 2 saturated heterocycles. The molecule has 2 aromatic rings. The number of ether oxygens (including phenoxy) is 2. The van der Waals surface area contributed by atoms with E-state index in [0.29, 0.717) is 31.6 Å². The summed E-state index contributed by atoms with van der Waals surface area (Å²) in [6.07, 6.45) is -1.32. The molecule has 2 aliphatic heterocycles. The van der Waals surface area contributed by atoms with Gasteiger partial charge in [-0.1, -0.05) is 6.92 Å². The van der Waals surface area contributed by atoms with E-state index in [0.717, 1.165) is 12.3 Å². The lowest BCUT2D eigenvalue weighted by molar-refractivity contribution is -0.187. The van der Waals surface area contributed by atoms with Crippen LogP contribution >= 0.6 is 0 Å². The summed E-state index contributed by atoms with van der Waals surface area (Å²) in [5.41, 5.74) is 0.549. The molecule has 2 bridgehead atoms. The van der Waals surface area contributed by atoms with Crippen molar-refractivity contribution in [1.82, 2.24) is 14.9 Å². The molecule has 0 amide bonds. The maximum atomic E-state index is 14.5. The standard InChI is InChI=1S/C23H28F4N4O4S/c1-13(23(25,26)27)9-31-15-6-17(7-16(31)11-34-10-15)35-22-14(2)21(28-12-29-22)30-20-5-4-18(8-19(20)24)36(3,32)33/h4-5,8,12-13,15-17H,6-7,9-11H2,1-3H3,(H,28,29,30)/t13?,15-,16+,17?. The Labute approximate surface area is 206 Å². The van der Waals surface area contributed by atoms with Gasteiger partial charge in [-0.25, -0.2) is 22.8 Å². The number of benzene rings is 1. The molecule has 0 saturated carbocycles. The quantitative estimate of drug-likeness (QED) is 0.537. The van der Waals surface area contributed by atoms with Crippen LogP contribution in [0.5, 0.6) is 5.88 Å². The normalized spacial score (nSPS) is 23.8. The largest absolute Gasteiger partial charge is 0.474 e. The van der Waals surface area contributed by atoms with Crippen molar-refractivity contribution in [3.05, 3.63) is 35.9 Å². The first-order chi connectivity index (χ1) is 16.8. The van der Waals surface area contributed by atoms with Crippen molar-refractivity contribution in [3.8, 4) is 5.88 Å². The fraction of sp³-hybridized carbons (Fsp3) is 0.565. The van der Waals surface area contributed by atoms with Gasteiger partial charge < -0.3 is 14.8 Å². The van der Waals surface area contributed by atoms with Gasteiger partial charge in [-0.05, 0) is 25.1 Å². The predicted octanol–water partition coefficient (Wildman–Crippen LogP) is 3.88. The maximum absolute atomic E-state index is 14.5. The molecule has 1 aromatic carbocycles. The minimum atomic E-state index is -4.26. The summed E-state index contributed by atoms with van der Waals surface area (Å²) in [6, 6.07) is 3.14. The van der Waals surface area contributed by atoms with Gasteiger partial charge in [-0.2, -0.15) is 13.2 Å². The molecule has 8 nitrogen and oxygen atoms in total. The fourth-order valence-electron chi connectivity index (χ4n) is 4.55. The van der Waals surface area contributed by atoms with Crippen molar-refractivity contribution in [3.63, 3.8) is 0 Å². The molecule has 0 aliphatic carbocycles. The van der Waals surface area contributed by atoms with Crippen molar-refractivity contribution in [2.75, 3.05) is 31.3 Å². The van der Waals surface area contributed by atoms with Crippen molar-refractivity contribution >= 4 is 21.3 Å². The number of fused-ring (bicyclic) bond motifs is 2. The number of hydrogen-bond donors (Lipinski definition) is 1. The number of aromatic nitrogens is 2. The van der Waals surface area contributed by atoms with E-state index in [2.05, 4.69) is 15.3 Å². The Kier molecular flexibility index (Phi) is 7.45. The Balaban J connectivity index is 1.46. The number of nitrogens with one attached hydrogen (secondary N) is 1. The zero-order valence-corrected chi connectivity index (χ0v) is 20.9. The molecule has 0 radical (unpaired) electrons. The molecule has 36 heavy (non-hydrogen) atoms. The lowest BCUT2D eigenvalue weighted by Gasteiger charge is -2.49. The summed E-state index contributed by atoms with van der Waals surface area (Å²) in [4.78, 5) is 10.1. The van der Waals surface area contributed by atoms with Crippen LogP contribution in [-0.4, -0.2) is 73.7 Å². The van der Waals surface area contributed by atoms with Gasteiger partial charge in [-0.15, -0.1) is 0 Å². The summed E-state index contributed by atoms with van der Waals surface area (Å²) >= 11 is 0. The highest BCUT2D eigenvalue weighted by Crippen LogP contribution is 2.35. The predicted molar refractivity (Wildman–Crippen MR) is 124 cm³/mol. The van der Waals surface area contributed by atoms with Gasteiger partial charge >= 0.3 is 6.18 Å². The summed E-state index contributed by atoms with van der Waals surface area (Å²) in [7, 11) is -3.55. The van der Waals surface area contributed by atoms with Crippen LogP contribution in [0.4, 0.5) is 29.1 Å². The number of anilines is 2. The van der Waals surface area contributed by atoms with Crippen LogP contribution in [0.15, 0.2) is 29.4 Å². The molecule has 3 heterocycles. The van der Waals surface area contributed by atoms with Crippen molar-refractivity contribution in [2.45, 2.75) is 55.9 Å². The van der Waals surface area contributed by atoms with Crippen LogP contribution in [0, 0.1) is 18.7 Å². The molecule has 2 unspecified atom stereocenters.